The van der Waals surface area contributed by atoms with Crippen LogP contribution in [0, 0.1) is 0 Å². The summed E-state index contributed by atoms with van der Waals surface area (Å²) in [6.07, 6.45) is 7.20. The van der Waals surface area contributed by atoms with E-state index in [0.29, 0.717) is 0 Å². The molecule has 0 saturated carbocycles. The molecule has 0 amide bonds. The fraction of sp³-hybridized carbons (Fsp3) is 0.600. The van der Waals surface area contributed by atoms with Crippen molar-refractivity contribution in [2.45, 2.75) is 52.7 Å². The van der Waals surface area contributed by atoms with Crippen LogP contribution in [0.1, 0.15) is 47.0 Å². The molecule has 0 radical (unpaired) electrons. The zero-order valence-electron chi connectivity index (χ0n) is 11.9. The predicted molar refractivity (Wildman–Crippen MR) is 75.1 cm³/mol. The lowest BCUT2D eigenvalue weighted by molar-refractivity contribution is -0.116. The second-order valence-electron chi connectivity index (χ2n) is 5.10. The van der Waals surface area contributed by atoms with Crippen molar-refractivity contribution in [3.05, 3.63) is 34.9 Å². The number of rotatable bonds is 7. The van der Waals surface area contributed by atoms with Crippen molar-refractivity contribution >= 4 is 0 Å². The summed E-state index contributed by atoms with van der Waals surface area (Å²) in [4.78, 5) is 0. The van der Waals surface area contributed by atoms with Crippen LogP contribution < -0.4 is 0 Å². The first-order valence-corrected chi connectivity index (χ1v) is 6.30. The third-order valence-electron chi connectivity index (χ3n) is 2.53. The van der Waals surface area contributed by atoms with Gasteiger partial charge in [0, 0.05) is 6.42 Å². The van der Waals surface area contributed by atoms with Gasteiger partial charge in [-0.25, -0.2) is 0 Å². The fourth-order valence-corrected chi connectivity index (χ4v) is 1.80. The number of hydrogen-bond acceptors (Lipinski definition) is 3. The maximum atomic E-state index is 9.74. The molecule has 0 fully saturated rings. The molecule has 0 unspecified atom stereocenters. The molecule has 0 bridgehead atoms. The summed E-state index contributed by atoms with van der Waals surface area (Å²) < 4.78 is 0. The molecule has 3 N–H and O–H groups in total. The van der Waals surface area contributed by atoms with E-state index in [4.69, 9.17) is 5.11 Å². The average Bonchev–Trinajstić information content (AvgIpc) is 2.14. The van der Waals surface area contributed by atoms with Crippen LogP contribution in [0.15, 0.2) is 34.9 Å². The minimum atomic E-state index is -1.75. The van der Waals surface area contributed by atoms with Gasteiger partial charge in [-0.1, -0.05) is 28.9 Å². The van der Waals surface area contributed by atoms with Crippen molar-refractivity contribution < 1.29 is 15.3 Å². The minimum Gasteiger partial charge on any atom is -0.392 e. The van der Waals surface area contributed by atoms with E-state index in [2.05, 4.69) is 0 Å². The first-order chi connectivity index (χ1) is 8.26. The zero-order chi connectivity index (χ0) is 14.2. The van der Waals surface area contributed by atoms with Crippen LogP contribution in [-0.2, 0) is 0 Å². The van der Waals surface area contributed by atoms with Crippen molar-refractivity contribution in [2.75, 3.05) is 6.61 Å². The topological polar surface area (TPSA) is 60.7 Å². The first-order valence-electron chi connectivity index (χ1n) is 6.30. The lowest BCUT2D eigenvalue weighted by atomic mass is 10.0. The standard InChI is InChI=1S/C15H26O3/c1-12(2)10-15(17,18)11-14(4)7-5-6-13(3)8-9-16/h7-8,10,16-18H,5-6,9,11H2,1-4H3/b13-8+,14-7+. The Labute approximate surface area is 110 Å². The Hall–Kier alpha value is -0.900. The fourth-order valence-electron chi connectivity index (χ4n) is 1.80. The summed E-state index contributed by atoms with van der Waals surface area (Å²) >= 11 is 0. The molecule has 0 aliphatic heterocycles. The van der Waals surface area contributed by atoms with E-state index >= 15 is 0 Å². The highest BCUT2D eigenvalue weighted by atomic mass is 16.5. The maximum absolute atomic E-state index is 9.74. The van der Waals surface area contributed by atoms with Crippen molar-refractivity contribution in [3.63, 3.8) is 0 Å². The molecule has 0 heterocycles. The highest BCUT2D eigenvalue weighted by Gasteiger charge is 2.19. The Balaban J connectivity index is 4.28. The van der Waals surface area contributed by atoms with Crippen molar-refractivity contribution in [3.8, 4) is 0 Å². The molecule has 0 rings (SSSR count). The minimum absolute atomic E-state index is 0.0749. The molecule has 3 nitrogen and oxygen atoms in total. The van der Waals surface area contributed by atoms with Gasteiger partial charge in [-0.15, -0.1) is 0 Å². The average molecular weight is 254 g/mol. The summed E-state index contributed by atoms with van der Waals surface area (Å²) in [5, 5.41) is 28.2. The number of allylic oxidation sites excluding steroid dienone is 3. The Morgan fingerprint density at radius 3 is 2.11 bits per heavy atom. The van der Waals surface area contributed by atoms with Gasteiger partial charge in [-0.2, -0.15) is 0 Å². The summed E-state index contributed by atoms with van der Waals surface area (Å²) in [6, 6.07) is 0. The van der Waals surface area contributed by atoms with E-state index in [9.17, 15) is 10.2 Å². The highest BCUT2D eigenvalue weighted by molar-refractivity contribution is 5.10. The van der Waals surface area contributed by atoms with Gasteiger partial charge < -0.3 is 15.3 Å². The zero-order valence-corrected chi connectivity index (χ0v) is 11.9. The van der Waals surface area contributed by atoms with Gasteiger partial charge >= 0.3 is 0 Å². The van der Waals surface area contributed by atoms with Crippen LogP contribution in [0.25, 0.3) is 0 Å². The molecule has 104 valence electrons. The molecular formula is C15H26O3. The van der Waals surface area contributed by atoms with Gasteiger partial charge in [-0.3, -0.25) is 0 Å². The molecule has 18 heavy (non-hydrogen) atoms. The largest absolute Gasteiger partial charge is 0.392 e. The van der Waals surface area contributed by atoms with Crippen LogP contribution in [-0.4, -0.2) is 27.7 Å². The maximum Gasteiger partial charge on any atom is 0.186 e. The van der Waals surface area contributed by atoms with Crippen LogP contribution in [0.4, 0.5) is 0 Å². The smallest absolute Gasteiger partial charge is 0.186 e. The summed E-state index contributed by atoms with van der Waals surface area (Å²) in [5.41, 5.74) is 2.98. The molecule has 0 atom stereocenters. The molecule has 0 aliphatic rings. The van der Waals surface area contributed by atoms with E-state index in [-0.39, 0.29) is 13.0 Å². The van der Waals surface area contributed by atoms with Crippen LogP contribution in [0.2, 0.25) is 0 Å². The molecule has 0 spiro atoms. The summed E-state index contributed by atoms with van der Waals surface area (Å²) in [6.45, 7) is 7.62. The lowest BCUT2D eigenvalue weighted by Crippen LogP contribution is -2.25. The van der Waals surface area contributed by atoms with Gasteiger partial charge in [0.25, 0.3) is 0 Å². The molecule has 0 saturated heterocycles. The number of aliphatic hydroxyl groups excluding tert-OH is 1. The Morgan fingerprint density at radius 1 is 1.00 bits per heavy atom. The van der Waals surface area contributed by atoms with E-state index in [1.54, 1.807) is 6.08 Å². The van der Waals surface area contributed by atoms with Gasteiger partial charge in [0.2, 0.25) is 0 Å². The molecule has 3 heteroatoms. The van der Waals surface area contributed by atoms with Crippen molar-refractivity contribution in [1.29, 1.82) is 0 Å². The second-order valence-corrected chi connectivity index (χ2v) is 5.10. The monoisotopic (exact) mass is 254 g/mol. The van der Waals surface area contributed by atoms with Gasteiger partial charge in [0.1, 0.15) is 0 Å². The van der Waals surface area contributed by atoms with E-state index in [0.717, 1.165) is 29.6 Å². The Kier molecular flexibility index (Phi) is 7.83. The van der Waals surface area contributed by atoms with Crippen molar-refractivity contribution in [1.82, 2.24) is 0 Å². The Morgan fingerprint density at radius 2 is 1.61 bits per heavy atom. The van der Waals surface area contributed by atoms with Crippen LogP contribution in [0.5, 0.6) is 0 Å². The van der Waals surface area contributed by atoms with Crippen molar-refractivity contribution in [2.24, 2.45) is 0 Å². The Bertz CT molecular complexity index is 332. The van der Waals surface area contributed by atoms with Gasteiger partial charge in [0.15, 0.2) is 5.79 Å². The predicted octanol–water partition coefficient (Wildman–Crippen LogP) is 2.69. The normalized spacial score (nSPS) is 13.7. The highest BCUT2D eigenvalue weighted by Crippen LogP contribution is 2.18. The molecule has 0 aromatic heterocycles. The molecule has 0 aromatic carbocycles. The number of aliphatic hydroxyl groups is 3. The lowest BCUT2D eigenvalue weighted by Gasteiger charge is -2.18. The van der Waals surface area contributed by atoms with E-state index in [1.165, 1.54) is 6.08 Å². The van der Waals surface area contributed by atoms with Crippen LogP contribution in [0.3, 0.4) is 0 Å². The third-order valence-corrected chi connectivity index (χ3v) is 2.53. The van der Waals surface area contributed by atoms with Gasteiger partial charge in [-0.05, 0) is 46.6 Å². The van der Waals surface area contributed by atoms with Gasteiger partial charge in [0.05, 0.1) is 6.61 Å². The van der Waals surface area contributed by atoms with E-state index < -0.39 is 5.79 Å². The first kappa shape index (κ1) is 17.1. The number of hydrogen-bond donors (Lipinski definition) is 3. The summed E-state index contributed by atoms with van der Waals surface area (Å²) in [5.74, 6) is -1.75. The molecular weight excluding hydrogens is 228 g/mol. The SMILES string of the molecule is CC(C)=CC(O)(O)C/C(C)=C/CC/C(C)=C/CO. The van der Waals surface area contributed by atoms with Crippen LogP contribution >= 0.6 is 0 Å². The van der Waals surface area contributed by atoms with E-state index in [1.807, 2.05) is 33.8 Å². The molecule has 0 aromatic rings. The molecule has 0 aliphatic carbocycles. The quantitative estimate of drug-likeness (QED) is 0.483. The second kappa shape index (κ2) is 8.25. The third kappa shape index (κ3) is 9.16. The summed E-state index contributed by atoms with van der Waals surface area (Å²) in [7, 11) is 0.